The highest BCUT2D eigenvalue weighted by molar-refractivity contribution is 5.89. The first-order valence-corrected chi connectivity index (χ1v) is 5.12. The Labute approximate surface area is 79.4 Å². The zero-order chi connectivity index (χ0) is 9.31. The molecule has 0 saturated carbocycles. The Morgan fingerprint density at radius 3 is 3.08 bits per heavy atom. The number of nitrogens with zero attached hydrogens (tertiary/aromatic N) is 1. The minimum atomic E-state index is -0.301. The van der Waals surface area contributed by atoms with Crippen LogP contribution >= 0.6 is 0 Å². The Bertz CT molecular complexity index is 257. The van der Waals surface area contributed by atoms with E-state index in [0.29, 0.717) is 0 Å². The minimum Gasteiger partial charge on any atom is -0.388 e. The van der Waals surface area contributed by atoms with E-state index in [1.807, 2.05) is 6.08 Å². The van der Waals surface area contributed by atoms with Crippen LogP contribution in [0.2, 0.25) is 0 Å². The molecule has 0 unspecified atom stereocenters. The molecule has 1 N–H and O–H groups in total. The zero-order valence-electron chi connectivity index (χ0n) is 8.16. The van der Waals surface area contributed by atoms with Crippen LogP contribution < -0.4 is 0 Å². The van der Waals surface area contributed by atoms with Gasteiger partial charge in [-0.15, -0.1) is 0 Å². The fourth-order valence-corrected chi connectivity index (χ4v) is 2.55. The average Bonchev–Trinajstić information content (AvgIpc) is 2.15. The highest BCUT2D eigenvalue weighted by atomic mass is 16.3. The Morgan fingerprint density at radius 1 is 1.54 bits per heavy atom. The molecule has 0 amide bonds. The van der Waals surface area contributed by atoms with Gasteiger partial charge in [-0.25, -0.2) is 0 Å². The summed E-state index contributed by atoms with van der Waals surface area (Å²) in [5, 5.41) is 9.99. The lowest BCUT2D eigenvalue weighted by Gasteiger charge is -2.41. The number of aliphatic hydroxyl groups excluding tert-OH is 1. The van der Waals surface area contributed by atoms with Crippen molar-refractivity contribution in [2.45, 2.75) is 38.7 Å². The maximum atomic E-state index is 9.99. The van der Waals surface area contributed by atoms with Gasteiger partial charge in [-0.3, -0.25) is 4.99 Å². The van der Waals surface area contributed by atoms with E-state index in [2.05, 4.69) is 18.0 Å². The average molecular weight is 179 g/mol. The molecule has 1 spiro atoms. The van der Waals surface area contributed by atoms with Crippen molar-refractivity contribution in [3.8, 4) is 0 Å². The molecule has 0 fully saturated rings. The van der Waals surface area contributed by atoms with Crippen molar-refractivity contribution < 1.29 is 5.11 Å². The van der Waals surface area contributed by atoms with Crippen LogP contribution in [0.25, 0.3) is 0 Å². The van der Waals surface area contributed by atoms with Crippen LogP contribution in [0.1, 0.15) is 32.6 Å². The fraction of sp³-hybridized carbons (Fsp3) is 0.727. The van der Waals surface area contributed by atoms with Gasteiger partial charge in [-0.05, 0) is 32.6 Å². The van der Waals surface area contributed by atoms with Gasteiger partial charge in [-0.1, -0.05) is 12.2 Å². The summed E-state index contributed by atoms with van der Waals surface area (Å²) in [6.45, 7) is 3.02. The van der Waals surface area contributed by atoms with Gasteiger partial charge in [0.25, 0.3) is 0 Å². The van der Waals surface area contributed by atoms with Crippen LogP contribution in [-0.2, 0) is 0 Å². The van der Waals surface area contributed by atoms with Crippen molar-refractivity contribution in [1.82, 2.24) is 0 Å². The van der Waals surface area contributed by atoms with Crippen LogP contribution in [-0.4, -0.2) is 23.5 Å². The van der Waals surface area contributed by atoms with E-state index < -0.39 is 0 Å². The molecule has 1 heterocycles. The molecule has 2 nitrogen and oxygen atoms in total. The maximum absolute atomic E-state index is 9.99. The smallest absolute Gasteiger partial charge is 0.0829 e. The zero-order valence-corrected chi connectivity index (χ0v) is 8.16. The van der Waals surface area contributed by atoms with Crippen molar-refractivity contribution >= 4 is 5.71 Å². The van der Waals surface area contributed by atoms with Crippen LogP contribution in [0.3, 0.4) is 0 Å². The first-order valence-electron chi connectivity index (χ1n) is 5.12. The highest BCUT2D eigenvalue weighted by Crippen LogP contribution is 2.40. The molecule has 0 aromatic heterocycles. The standard InChI is InChI=1S/C11H17NO/c1-9-11(7-4-8-12-9)6-3-2-5-10(11)13/h2,5,10,13H,3-4,6-8H2,1H3/t10-,11-/m0/s1. The molecule has 0 saturated heterocycles. The summed E-state index contributed by atoms with van der Waals surface area (Å²) < 4.78 is 0. The quantitative estimate of drug-likeness (QED) is 0.566. The van der Waals surface area contributed by atoms with Gasteiger partial charge in [-0.2, -0.15) is 0 Å². The first kappa shape index (κ1) is 8.95. The summed E-state index contributed by atoms with van der Waals surface area (Å²) in [6.07, 6.45) is 8.11. The van der Waals surface area contributed by atoms with Gasteiger partial charge in [0, 0.05) is 17.7 Å². The van der Waals surface area contributed by atoms with E-state index in [1.54, 1.807) is 0 Å². The molecule has 0 aromatic carbocycles. The lowest BCUT2D eigenvalue weighted by atomic mass is 9.67. The molecule has 2 aliphatic rings. The Balaban J connectivity index is 2.31. The number of aliphatic hydroxyl groups is 1. The van der Waals surface area contributed by atoms with Crippen LogP contribution in [0.4, 0.5) is 0 Å². The van der Waals surface area contributed by atoms with Gasteiger partial charge < -0.3 is 5.11 Å². The number of rotatable bonds is 0. The van der Waals surface area contributed by atoms with Gasteiger partial charge >= 0.3 is 0 Å². The number of hydrogen-bond acceptors (Lipinski definition) is 2. The predicted molar refractivity (Wildman–Crippen MR) is 54.0 cm³/mol. The van der Waals surface area contributed by atoms with Crippen LogP contribution in [0, 0.1) is 5.41 Å². The van der Waals surface area contributed by atoms with Crippen molar-refractivity contribution in [2.75, 3.05) is 6.54 Å². The van der Waals surface area contributed by atoms with Crippen LogP contribution in [0.15, 0.2) is 17.1 Å². The second-order valence-electron chi connectivity index (χ2n) is 4.14. The van der Waals surface area contributed by atoms with E-state index in [-0.39, 0.29) is 11.5 Å². The third-order valence-electron chi connectivity index (χ3n) is 3.49. The third kappa shape index (κ3) is 1.33. The molecule has 2 atom stereocenters. The Kier molecular flexibility index (Phi) is 2.24. The number of aliphatic imine (C=N–C) groups is 1. The van der Waals surface area contributed by atoms with E-state index in [1.165, 1.54) is 0 Å². The molecule has 0 bridgehead atoms. The Morgan fingerprint density at radius 2 is 2.38 bits per heavy atom. The highest BCUT2D eigenvalue weighted by Gasteiger charge is 2.41. The molecular formula is C11H17NO. The lowest BCUT2D eigenvalue weighted by Crippen LogP contribution is -2.43. The molecule has 0 aromatic rings. The summed E-state index contributed by atoms with van der Waals surface area (Å²) in [5.74, 6) is 0. The van der Waals surface area contributed by atoms with Crippen molar-refractivity contribution in [3.05, 3.63) is 12.2 Å². The van der Waals surface area contributed by atoms with Gasteiger partial charge in [0.2, 0.25) is 0 Å². The number of allylic oxidation sites excluding steroid dienone is 1. The lowest BCUT2D eigenvalue weighted by molar-refractivity contribution is 0.0883. The molecule has 2 rings (SSSR count). The topological polar surface area (TPSA) is 32.6 Å². The second-order valence-corrected chi connectivity index (χ2v) is 4.14. The van der Waals surface area contributed by atoms with E-state index in [4.69, 9.17) is 0 Å². The van der Waals surface area contributed by atoms with Gasteiger partial charge in [0.05, 0.1) is 6.10 Å². The summed E-state index contributed by atoms with van der Waals surface area (Å²) >= 11 is 0. The normalized spacial score (nSPS) is 39.2. The van der Waals surface area contributed by atoms with Gasteiger partial charge in [0.15, 0.2) is 0 Å². The molecular weight excluding hydrogens is 162 g/mol. The van der Waals surface area contributed by atoms with Gasteiger partial charge in [0.1, 0.15) is 0 Å². The Hall–Kier alpha value is -0.630. The summed E-state index contributed by atoms with van der Waals surface area (Å²) in [6, 6.07) is 0. The maximum Gasteiger partial charge on any atom is 0.0829 e. The summed E-state index contributed by atoms with van der Waals surface area (Å²) in [7, 11) is 0. The molecule has 2 heteroatoms. The molecule has 0 radical (unpaired) electrons. The molecule has 1 aliphatic carbocycles. The summed E-state index contributed by atoms with van der Waals surface area (Å²) in [4.78, 5) is 4.48. The largest absolute Gasteiger partial charge is 0.388 e. The first-order chi connectivity index (χ1) is 6.26. The summed E-state index contributed by atoms with van der Waals surface area (Å²) in [5.41, 5.74) is 1.16. The number of hydrogen-bond donors (Lipinski definition) is 1. The SMILES string of the molecule is CC1=NCCC[C@@]12CCC=C[C@@H]2O. The van der Waals surface area contributed by atoms with Crippen LogP contribution in [0.5, 0.6) is 0 Å². The fourth-order valence-electron chi connectivity index (χ4n) is 2.55. The van der Waals surface area contributed by atoms with E-state index in [0.717, 1.165) is 37.9 Å². The molecule has 1 aliphatic heterocycles. The second kappa shape index (κ2) is 3.26. The predicted octanol–water partition coefficient (Wildman–Crippen LogP) is 1.94. The van der Waals surface area contributed by atoms with E-state index in [9.17, 15) is 5.11 Å². The molecule has 13 heavy (non-hydrogen) atoms. The third-order valence-corrected chi connectivity index (χ3v) is 3.49. The van der Waals surface area contributed by atoms with E-state index >= 15 is 0 Å². The molecule has 72 valence electrons. The minimum absolute atomic E-state index is 0.00694. The van der Waals surface area contributed by atoms with Crippen molar-refractivity contribution in [1.29, 1.82) is 0 Å². The monoisotopic (exact) mass is 179 g/mol. The van der Waals surface area contributed by atoms with Crippen molar-refractivity contribution in [2.24, 2.45) is 10.4 Å². The van der Waals surface area contributed by atoms with Crippen molar-refractivity contribution in [3.63, 3.8) is 0 Å².